The van der Waals surface area contributed by atoms with Gasteiger partial charge in [-0.15, -0.1) is 0 Å². The Morgan fingerprint density at radius 1 is 1.36 bits per heavy atom. The van der Waals surface area contributed by atoms with Gasteiger partial charge in [0.1, 0.15) is 6.04 Å². The Hall–Kier alpha value is -1.30. The molecule has 1 heterocycles. The molecule has 1 aromatic rings. The summed E-state index contributed by atoms with van der Waals surface area (Å²) in [5, 5.41) is 3.67. The van der Waals surface area contributed by atoms with E-state index in [4.69, 9.17) is 27.9 Å². The minimum atomic E-state index is -0.464. The topological polar surface area (TPSA) is 58.6 Å². The van der Waals surface area contributed by atoms with Gasteiger partial charge in [0.2, 0.25) is 5.91 Å². The van der Waals surface area contributed by atoms with E-state index in [1.807, 2.05) is 13.8 Å². The van der Waals surface area contributed by atoms with E-state index in [0.29, 0.717) is 41.7 Å². The molecule has 0 radical (unpaired) electrons. The van der Waals surface area contributed by atoms with Crippen LogP contribution in [0.5, 0.6) is 0 Å². The summed E-state index contributed by atoms with van der Waals surface area (Å²) in [5.74, 6) is -0.387. The quantitative estimate of drug-likeness (QED) is 0.729. The largest absolute Gasteiger partial charge is 0.379 e. The maximum absolute atomic E-state index is 12.8. The number of hydrogen-bond acceptors (Lipinski definition) is 3. The van der Waals surface area contributed by atoms with Crippen LogP contribution in [0.1, 0.15) is 43.5 Å². The van der Waals surface area contributed by atoms with E-state index in [0.717, 1.165) is 12.8 Å². The van der Waals surface area contributed by atoms with Gasteiger partial charge in [-0.1, -0.05) is 23.2 Å². The molecule has 0 bridgehead atoms. The van der Waals surface area contributed by atoms with Gasteiger partial charge in [0.05, 0.1) is 16.7 Å². The minimum absolute atomic E-state index is 0.131. The number of carbonyl (C=O) groups excluding carboxylic acids is 2. The van der Waals surface area contributed by atoms with Gasteiger partial charge < -0.3 is 15.0 Å². The number of hydrogen-bond donors (Lipinski definition) is 1. The number of ether oxygens (including phenoxy) is 1. The molecule has 0 aliphatic carbocycles. The third-order valence-corrected chi connectivity index (χ3v) is 4.61. The van der Waals surface area contributed by atoms with E-state index in [1.54, 1.807) is 23.1 Å². The van der Waals surface area contributed by atoms with Crippen molar-refractivity contribution in [1.29, 1.82) is 0 Å². The van der Waals surface area contributed by atoms with Crippen molar-refractivity contribution in [2.75, 3.05) is 19.7 Å². The van der Waals surface area contributed by atoms with Crippen molar-refractivity contribution in [1.82, 2.24) is 10.2 Å². The smallest absolute Gasteiger partial charge is 0.256 e. The van der Waals surface area contributed by atoms with Crippen LogP contribution in [0.15, 0.2) is 18.2 Å². The van der Waals surface area contributed by atoms with Crippen LogP contribution in [0.4, 0.5) is 0 Å². The molecule has 1 unspecified atom stereocenters. The molecule has 2 rings (SSSR count). The summed E-state index contributed by atoms with van der Waals surface area (Å²) in [4.78, 5) is 26.8. The maximum Gasteiger partial charge on any atom is 0.256 e. The van der Waals surface area contributed by atoms with Crippen LogP contribution in [0, 0.1) is 0 Å². The minimum Gasteiger partial charge on any atom is -0.379 e. The van der Waals surface area contributed by atoms with Crippen LogP contribution in [0.25, 0.3) is 0 Å². The number of carbonyl (C=O) groups is 2. The van der Waals surface area contributed by atoms with E-state index >= 15 is 0 Å². The van der Waals surface area contributed by atoms with Crippen LogP contribution in [-0.4, -0.2) is 48.6 Å². The SMILES string of the molecule is CC(C)OCCCNC(=O)C1CCCN1C(=O)c1cc(Cl)ccc1Cl. The number of rotatable bonds is 7. The molecule has 2 amide bonds. The van der Waals surface area contributed by atoms with Crippen molar-refractivity contribution in [3.05, 3.63) is 33.8 Å². The molecule has 1 N–H and O–H groups in total. The van der Waals surface area contributed by atoms with Gasteiger partial charge in [-0.05, 0) is 51.3 Å². The third kappa shape index (κ3) is 5.59. The van der Waals surface area contributed by atoms with Crippen LogP contribution in [0.3, 0.4) is 0 Å². The number of nitrogens with one attached hydrogen (secondary N) is 1. The zero-order valence-electron chi connectivity index (χ0n) is 14.6. The van der Waals surface area contributed by atoms with Gasteiger partial charge in [-0.25, -0.2) is 0 Å². The van der Waals surface area contributed by atoms with Gasteiger partial charge in [0, 0.05) is 24.7 Å². The van der Waals surface area contributed by atoms with Crippen molar-refractivity contribution in [3.8, 4) is 0 Å². The Kier molecular flexibility index (Phi) is 7.54. The fraction of sp³-hybridized carbons (Fsp3) is 0.556. The lowest BCUT2D eigenvalue weighted by Gasteiger charge is -2.24. The summed E-state index contributed by atoms with van der Waals surface area (Å²) < 4.78 is 5.45. The molecule has 138 valence electrons. The standard InChI is InChI=1S/C18H24Cl2N2O3/c1-12(2)25-10-4-8-21-17(23)16-5-3-9-22(16)18(24)14-11-13(19)6-7-15(14)20/h6-7,11-12,16H,3-5,8-10H2,1-2H3,(H,21,23). The highest BCUT2D eigenvalue weighted by Crippen LogP contribution is 2.26. The van der Waals surface area contributed by atoms with Crippen molar-refractivity contribution in [2.45, 2.75) is 45.3 Å². The van der Waals surface area contributed by atoms with E-state index < -0.39 is 6.04 Å². The molecule has 25 heavy (non-hydrogen) atoms. The number of nitrogens with zero attached hydrogens (tertiary/aromatic N) is 1. The summed E-state index contributed by atoms with van der Waals surface area (Å²) in [6, 6.07) is 4.31. The van der Waals surface area contributed by atoms with Gasteiger partial charge in [-0.3, -0.25) is 9.59 Å². The zero-order chi connectivity index (χ0) is 18.4. The summed E-state index contributed by atoms with van der Waals surface area (Å²) in [7, 11) is 0. The van der Waals surface area contributed by atoms with E-state index in [9.17, 15) is 9.59 Å². The number of amides is 2. The average molecular weight is 387 g/mol. The van der Waals surface area contributed by atoms with Crippen LogP contribution in [0.2, 0.25) is 10.0 Å². The molecule has 5 nitrogen and oxygen atoms in total. The molecule has 7 heteroatoms. The molecule has 1 aromatic carbocycles. The van der Waals surface area contributed by atoms with Crippen LogP contribution >= 0.6 is 23.2 Å². The predicted octanol–water partition coefficient (Wildman–Crippen LogP) is 3.53. The first-order chi connectivity index (χ1) is 11.9. The Balaban J connectivity index is 1.93. The predicted molar refractivity (Wildman–Crippen MR) is 99.2 cm³/mol. The Morgan fingerprint density at radius 2 is 2.12 bits per heavy atom. The van der Waals surface area contributed by atoms with Crippen molar-refractivity contribution in [3.63, 3.8) is 0 Å². The Morgan fingerprint density at radius 3 is 2.84 bits per heavy atom. The van der Waals surface area contributed by atoms with Crippen molar-refractivity contribution >= 4 is 35.0 Å². The molecule has 1 atom stereocenters. The summed E-state index contributed by atoms with van der Waals surface area (Å²) >= 11 is 12.1. The molecule has 1 aliphatic rings. The number of likely N-dealkylation sites (tertiary alicyclic amines) is 1. The summed E-state index contributed by atoms with van der Waals surface area (Å²) in [5.41, 5.74) is 0.333. The summed E-state index contributed by atoms with van der Waals surface area (Å²) in [6.45, 7) is 5.62. The maximum atomic E-state index is 12.8. The fourth-order valence-electron chi connectivity index (χ4n) is 2.82. The van der Waals surface area contributed by atoms with Crippen LogP contribution in [-0.2, 0) is 9.53 Å². The molecule has 1 fully saturated rings. The van der Waals surface area contributed by atoms with Gasteiger partial charge in [-0.2, -0.15) is 0 Å². The number of benzene rings is 1. The summed E-state index contributed by atoms with van der Waals surface area (Å²) in [6.07, 6.45) is 2.36. The van der Waals surface area contributed by atoms with Gasteiger partial charge >= 0.3 is 0 Å². The van der Waals surface area contributed by atoms with E-state index in [-0.39, 0.29) is 17.9 Å². The highest BCUT2D eigenvalue weighted by molar-refractivity contribution is 6.35. The monoisotopic (exact) mass is 386 g/mol. The molecule has 1 aliphatic heterocycles. The van der Waals surface area contributed by atoms with Crippen LogP contribution < -0.4 is 5.32 Å². The second-order valence-electron chi connectivity index (χ2n) is 6.34. The molecular weight excluding hydrogens is 363 g/mol. The normalized spacial score (nSPS) is 17.2. The lowest BCUT2D eigenvalue weighted by molar-refractivity contribution is -0.124. The first kappa shape index (κ1) is 20.0. The highest BCUT2D eigenvalue weighted by Gasteiger charge is 2.35. The third-order valence-electron chi connectivity index (χ3n) is 4.05. The second-order valence-corrected chi connectivity index (χ2v) is 7.19. The molecule has 0 saturated carbocycles. The number of halogens is 2. The highest BCUT2D eigenvalue weighted by atomic mass is 35.5. The molecular formula is C18H24Cl2N2O3. The molecule has 0 aromatic heterocycles. The fourth-order valence-corrected chi connectivity index (χ4v) is 3.19. The zero-order valence-corrected chi connectivity index (χ0v) is 16.1. The van der Waals surface area contributed by atoms with Gasteiger partial charge in [0.25, 0.3) is 5.91 Å². The Bertz CT molecular complexity index is 622. The second kappa shape index (κ2) is 9.41. The molecule has 1 saturated heterocycles. The first-order valence-electron chi connectivity index (χ1n) is 8.55. The first-order valence-corrected chi connectivity index (χ1v) is 9.31. The Labute approximate surface area is 158 Å². The molecule has 0 spiro atoms. The van der Waals surface area contributed by atoms with E-state index in [2.05, 4.69) is 5.32 Å². The lowest BCUT2D eigenvalue weighted by Crippen LogP contribution is -2.46. The van der Waals surface area contributed by atoms with Crippen molar-refractivity contribution in [2.24, 2.45) is 0 Å². The van der Waals surface area contributed by atoms with E-state index in [1.165, 1.54) is 0 Å². The lowest BCUT2D eigenvalue weighted by atomic mass is 10.1. The van der Waals surface area contributed by atoms with Crippen molar-refractivity contribution < 1.29 is 14.3 Å². The average Bonchev–Trinajstić information content (AvgIpc) is 3.05. The van der Waals surface area contributed by atoms with Gasteiger partial charge in [0.15, 0.2) is 0 Å².